The normalized spacial score (nSPS) is 12.9. The summed E-state index contributed by atoms with van der Waals surface area (Å²) in [5.74, 6) is -0.366. The lowest BCUT2D eigenvalue weighted by molar-refractivity contribution is -0.142. The summed E-state index contributed by atoms with van der Waals surface area (Å²) in [6, 6.07) is 12.4. The van der Waals surface area contributed by atoms with Gasteiger partial charge in [0.15, 0.2) is 5.54 Å². The maximum Gasteiger partial charge on any atom is 0.334 e. The van der Waals surface area contributed by atoms with Crippen LogP contribution in [0.5, 0.6) is 5.75 Å². The quantitative estimate of drug-likeness (QED) is 0.429. The Morgan fingerprint density at radius 1 is 1.23 bits per heavy atom. The number of aliphatic carboxylic acids is 1. The van der Waals surface area contributed by atoms with Crippen LogP contribution in [0.3, 0.4) is 0 Å². The number of anilines is 1. The molecule has 0 saturated heterocycles. The maximum absolute atomic E-state index is 12.3. The number of hydrogen-bond acceptors (Lipinski definition) is 4. The first-order valence-corrected chi connectivity index (χ1v) is 8.50. The van der Waals surface area contributed by atoms with Gasteiger partial charge in [0.25, 0.3) is 0 Å². The topological polar surface area (TPSA) is 108 Å². The number of aryl methyl sites for hydroxylation is 1. The molecule has 26 heavy (non-hydrogen) atoms. The second kappa shape index (κ2) is 7.91. The lowest BCUT2D eigenvalue weighted by Gasteiger charge is -2.32. The molecule has 0 aromatic heterocycles. The first-order chi connectivity index (χ1) is 12.4. The summed E-state index contributed by atoms with van der Waals surface area (Å²) < 4.78 is 5.35. The van der Waals surface area contributed by atoms with Gasteiger partial charge in [0.05, 0.1) is 7.11 Å². The molecule has 0 aliphatic carbocycles. The van der Waals surface area contributed by atoms with Crippen LogP contribution >= 0.6 is 0 Å². The number of rotatable bonds is 8. The largest absolute Gasteiger partial charge is 0.497 e. The van der Waals surface area contributed by atoms with Crippen molar-refractivity contribution in [3.05, 3.63) is 59.2 Å². The number of nitrogen functional groups attached to an aromatic ring is 1. The van der Waals surface area contributed by atoms with E-state index in [1.807, 2.05) is 26.0 Å². The molecule has 0 saturated carbocycles. The van der Waals surface area contributed by atoms with Gasteiger partial charge in [-0.15, -0.1) is 0 Å². The summed E-state index contributed by atoms with van der Waals surface area (Å²) in [4.78, 5) is 12.3. The summed E-state index contributed by atoms with van der Waals surface area (Å²) in [6.07, 6.45) is 1.12. The number of methoxy groups -OCH3 is 1. The SMILES string of the molecule is CCc1cc(OC)cc(C(CC)(Nc2ccc(C(=N)N)cc2)C(=O)O)c1. The van der Waals surface area contributed by atoms with E-state index >= 15 is 0 Å². The van der Waals surface area contributed by atoms with Gasteiger partial charge < -0.3 is 20.9 Å². The zero-order valence-corrected chi connectivity index (χ0v) is 15.3. The molecular weight excluding hydrogens is 330 g/mol. The van der Waals surface area contributed by atoms with Crippen molar-refractivity contribution in [2.24, 2.45) is 5.73 Å². The fourth-order valence-electron chi connectivity index (χ4n) is 2.90. The van der Waals surface area contributed by atoms with Crippen LogP contribution in [0, 0.1) is 5.41 Å². The van der Waals surface area contributed by atoms with Crippen molar-refractivity contribution in [3.8, 4) is 5.75 Å². The minimum Gasteiger partial charge on any atom is -0.497 e. The smallest absolute Gasteiger partial charge is 0.334 e. The van der Waals surface area contributed by atoms with Crippen molar-refractivity contribution in [1.29, 1.82) is 5.41 Å². The zero-order valence-electron chi connectivity index (χ0n) is 15.3. The number of nitrogens with one attached hydrogen (secondary N) is 2. The molecule has 0 aliphatic heterocycles. The molecule has 0 radical (unpaired) electrons. The van der Waals surface area contributed by atoms with Crippen LogP contribution in [0.15, 0.2) is 42.5 Å². The fraction of sp³-hybridized carbons (Fsp3) is 0.300. The zero-order chi connectivity index (χ0) is 19.3. The molecule has 5 N–H and O–H groups in total. The second-order valence-corrected chi connectivity index (χ2v) is 6.10. The minimum absolute atomic E-state index is 0.0306. The maximum atomic E-state index is 12.3. The van der Waals surface area contributed by atoms with Crippen molar-refractivity contribution >= 4 is 17.5 Å². The van der Waals surface area contributed by atoms with Crippen LogP contribution in [0.4, 0.5) is 5.69 Å². The average Bonchev–Trinajstić information content (AvgIpc) is 2.65. The molecule has 6 nitrogen and oxygen atoms in total. The standard InChI is InChI=1S/C20H25N3O3/c1-4-13-10-15(12-17(11-13)26-3)20(5-2,19(24)25)23-16-8-6-14(7-9-16)18(21)22/h6-12,23H,4-5H2,1-3H3,(H3,21,22)(H,24,25). The van der Waals surface area contributed by atoms with E-state index in [1.165, 1.54) is 0 Å². The Kier molecular flexibility index (Phi) is 5.87. The third-order valence-electron chi connectivity index (χ3n) is 4.55. The third-order valence-corrected chi connectivity index (χ3v) is 4.55. The highest BCUT2D eigenvalue weighted by Gasteiger charge is 2.39. The summed E-state index contributed by atoms with van der Waals surface area (Å²) >= 11 is 0. The Morgan fingerprint density at radius 2 is 1.88 bits per heavy atom. The van der Waals surface area contributed by atoms with Crippen molar-refractivity contribution in [1.82, 2.24) is 0 Å². The van der Waals surface area contributed by atoms with Gasteiger partial charge in [-0.1, -0.05) is 19.9 Å². The van der Waals surface area contributed by atoms with Gasteiger partial charge in [-0.3, -0.25) is 5.41 Å². The number of benzene rings is 2. The molecule has 0 spiro atoms. The van der Waals surface area contributed by atoms with Gasteiger partial charge in [-0.2, -0.15) is 0 Å². The Morgan fingerprint density at radius 3 is 2.35 bits per heavy atom. The van der Waals surface area contributed by atoms with E-state index in [1.54, 1.807) is 37.4 Å². The molecular formula is C20H25N3O3. The van der Waals surface area contributed by atoms with Crippen molar-refractivity contribution in [2.45, 2.75) is 32.2 Å². The van der Waals surface area contributed by atoms with E-state index in [0.29, 0.717) is 29.0 Å². The third kappa shape index (κ3) is 3.79. The molecule has 1 atom stereocenters. The monoisotopic (exact) mass is 355 g/mol. The summed E-state index contributed by atoms with van der Waals surface area (Å²) in [6.45, 7) is 3.84. The van der Waals surface area contributed by atoms with E-state index < -0.39 is 11.5 Å². The van der Waals surface area contributed by atoms with Crippen molar-refractivity contribution in [2.75, 3.05) is 12.4 Å². The van der Waals surface area contributed by atoms with Crippen molar-refractivity contribution in [3.63, 3.8) is 0 Å². The minimum atomic E-state index is -1.30. The molecule has 6 heteroatoms. The van der Waals surface area contributed by atoms with Crippen LogP contribution in [-0.2, 0) is 16.8 Å². The van der Waals surface area contributed by atoms with E-state index in [4.69, 9.17) is 15.9 Å². The average molecular weight is 355 g/mol. The highest BCUT2D eigenvalue weighted by Crippen LogP contribution is 2.33. The highest BCUT2D eigenvalue weighted by molar-refractivity contribution is 5.95. The predicted octanol–water partition coefficient (Wildman–Crippen LogP) is 3.34. The van der Waals surface area contributed by atoms with Gasteiger partial charge >= 0.3 is 5.97 Å². The molecule has 2 aromatic rings. The number of ether oxygens (including phenoxy) is 1. The van der Waals surface area contributed by atoms with Gasteiger partial charge in [0.1, 0.15) is 11.6 Å². The number of nitrogens with two attached hydrogens (primary N) is 1. The molecule has 2 rings (SSSR count). The van der Waals surface area contributed by atoms with Gasteiger partial charge in [0.2, 0.25) is 0 Å². The molecule has 138 valence electrons. The summed E-state index contributed by atoms with van der Waals surface area (Å²) in [5, 5.41) is 20.7. The number of amidine groups is 1. The molecule has 1 unspecified atom stereocenters. The highest BCUT2D eigenvalue weighted by atomic mass is 16.5. The molecule has 0 amide bonds. The molecule has 0 heterocycles. The Balaban J connectivity index is 2.52. The Bertz CT molecular complexity index is 780. The van der Waals surface area contributed by atoms with Crippen LogP contribution in [-0.4, -0.2) is 24.0 Å². The number of carbonyl (C=O) groups is 1. The van der Waals surface area contributed by atoms with Crippen LogP contribution in [0.1, 0.15) is 37.0 Å². The molecule has 0 fully saturated rings. The first-order valence-electron chi connectivity index (χ1n) is 8.50. The number of hydrogen-bond donors (Lipinski definition) is 4. The lowest BCUT2D eigenvalue weighted by atomic mass is 9.85. The summed E-state index contributed by atoms with van der Waals surface area (Å²) in [5.41, 5.74) is 7.05. The fourth-order valence-corrected chi connectivity index (χ4v) is 2.90. The van der Waals surface area contributed by atoms with Crippen LogP contribution in [0.25, 0.3) is 0 Å². The van der Waals surface area contributed by atoms with E-state index in [-0.39, 0.29) is 5.84 Å². The first kappa shape index (κ1) is 19.3. The molecule has 0 bridgehead atoms. The molecule has 0 aliphatic rings. The number of carboxylic acid groups (broad SMARTS) is 1. The van der Waals surface area contributed by atoms with Gasteiger partial charge in [-0.25, -0.2) is 4.79 Å². The van der Waals surface area contributed by atoms with Crippen LogP contribution in [0.2, 0.25) is 0 Å². The second-order valence-electron chi connectivity index (χ2n) is 6.10. The Hall–Kier alpha value is -3.02. The van der Waals surface area contributed by atoms with Crippen LogP contribution < -0.4 is 15.8 Å². The molecule has 2 aromatic carbocycles. The van der Waals surface area contributed by atoms with Gasteiger partial charge in [-0.05, 0) is 60.4 Å². The van der Waals surface area contributed by atoms with Crippen molar-refractivity contribution < 1.29 is 14.6 Å². The van der Waals surface area contributed by atoms with E-state index in [9.17, 15) is 9.90 Å². The van der Waals surface area contributed by atoms with E-state index in [0.717, 1.165) is 12.0 Å². The predicted molar refractivity (Wildman–Crippen MR) is 103 cm³/mol. The van der Waals surface area contributed by atoms with E-state index in [2.05, 4.69) is 5.32 Å². The van der Waals surface area contributed by atoms with Gasteiger partial charge in [0, 0.05) is 11.3 Å². The Labute approximate surface area is 153 Å². The summed E-state index contributed by atoms with van der Waals surface area (Å²) in [7, 11) is 1.57. The lowest BCUT2D eigenvalue weighted by Crippen LogP contribution is -2.43. The number of carboxylic acids is 1.